The molecule has 0 aliphatic carbocycles. The van der Waals surface area contributed by atoms with Crippen LogP contribution >= 0.6 is 11.8 Å². The van der Waals surface area contributed by atoms with E-state index in [1.54, 1.807) is 12.1 Å². The second-order valence-corrected chi connectivity index (χ2v) is 12.3. The van der Waals surface area contributed by atoms with E-state index in [2.05, 4.69) is 31.9 Å². The first kappa shape index (κ1) is 34.3. The highest BCUT2D eigenvalue weighted by atomic mass is 32.2. The standard InChI is InChI=1S/C32H40N6O7S/c1-46-14-13-24-31(44)36-23(11-12-28(40)41)30(43)38-26(16-20-17-33-22-10-6-5-9-21(20)22)32(45)37-25(15-19-7-3-2-4-8-19)29(42)34-18-27(39)35-24/h2-10,20,23-26,33H,11-18H2,1H3,(H,34,42)(H,35,39)(H,36,44)(H,37,45)(H,38,43)(H,40,41)/t20?,23-,24-,25-,26-/m0/s1. The zero-order valence-electron chi connectivity index (χ0n) is 25.5. The van der Waals surface area contributed by atoms with Crippen LogP contribution in [0.5, 0.6) is 0 Å². The largest absolute Gasteiger partial charge is 0.481 e. The molecule has 14 heteroatoms. The van der Waals surface area contributed by atoms with Crippen molar-refractivity contribution in [2.24, 2.45) is 0 Å². The van der Waals surface area contributed by atoms with Crippen molar-refractivity contribution in [1.82, 2.24) is 26.6 Å². The molecule has 2 aliphatic rings. The van der Waals surface area contributed by atoms with Crippen LogP contribution < -0.4 is 31.9 Å². The van der Waals surface area contributed by atoms with Gasteiger partial charge in [-0.25, -0.2) is 0 Å². The van der Waals surface area contributed by atoms with Gasteiger partial charge in [0.2, 0.25) is 29.5 Å². The molecule has 2 aromatic rings. The minimum Gasteiger partial charge on any atom is -0.481 e. The Hall–Kier alpha value is -4.59. The van der Waals surface area contributed by atoms with Crippen molar-refractivity contribution >= 4 is 53.0 Å². The van der Waals surface area contributed by atoms with Gasteiger partial charge in [-0.15, -0.1) is 0 Å². The van der Waals surface area contributed by atoms with Gasteiger partial charge in [0.25, 0.3) is 0 Å². The molecule has 7 N–H and O–H groups in total. The summed E-state index contributed by atoms with van der Waals surface area (Å²) >= 11 is 1.45. The lowest BCUT2D eigenvalue weighted by molar-refractivity contribution is -0.138. The van der Waals surface area contributed by atoms with Gasteiger partial charge in [-0.05, 0) is 48.5 Å². The summed E-state index contributed by atoms with van der Waals surface area (Å²) in [6, 6.07) is 12.1. The highest BCUT2D eigenvalue weighted by molar-refractivity contribution is 7.98. The summed E-state index contributed by atoms with van der Waals surface area (Å²) in [7, 11) is 0. The number of para-hydroxylation sites is 1. The quantitative estimate of drug-likeness (QED) is 0.192. The minimum absolute atomic E-state index is 0.117. The number of amides is 5. The van der Waals surface area contributed by atoms with Crippen LogP contribution in [0.1, 0.15) is 42.7 Å². The average molecular weight is 653 g/mol. The van der Waals surface area contributed by atoms with E-state index < -0.39 is 72.6 Å². The molecule has 0 saturated carbocycles. The number of anilines is 1. The van der Waals surface area contributed by atoms with Gasteiger partial charge in [0.05, 0.1) is 6.54 Å². The fourth-order valence-corrected chi connectivity index (χ4v) is 6.01. The molecule has 2 heterocycles. The smallest absolute Gasteiger partial charge is 0.303 e. The molecule has 1 unspecified atom stereocenters. The van der Waals surface area contributed by atoms with Crippen molar-refractivity contribution in [2.45, 2.75) is 62.2 Å². The molecular weight excluding hydrogens is 612 g/mol. The number of hydrogen-bond acceptors (Lipinski definition) is 8. The summed E-state index contributed by atoms with van der Waals surface area (Å²) in [6.07, 6.45) is 1.69. The van der Waals surface area contributed by atoms with Gasteiger partial charge >= 0.3 is 5.97 Å². The van der Waals surface area contributed by atoms with Crippen molar-refractivity contribution in [3.05, 3.63) is 65.7 Å². The number of carboxylic acids is 1. The van der Waals surface area contributed by atoms with E-state index in [4.69, 9.17) is 0 Å². The molecule has 2 aromatic carbocycles. The molecular formula is C32H40N6O7S. The van der Waals surface area contributed by atoms with Crippen LogP contribution in [0, 0.1) is 0 Å². The molecule has 1 fully saturated rings. The number of carbonyl (C=O) groups excluding carboxylic acids is 5. The van der Waals surface area contributed by atoms with Gasteiger partial charge in [0.1, 0.15) is 24.2 Å². The Bertz CT molecular complexity index is 1420. The number of thioether (sulfide) groups is 1. The Morgan fingerprint density at radius 2 is 1.39 bits per heavy atom. The molecule has 13 nitrogen and oxygen atoms in total. The lowest BCUT2D eigenvalue weighted by Crippen LogP contribution is -2.58. The van der Waals surface area contributed by atoms with Crippen molar-refractivity contribution in [3.8, 4) is 0 Å². The van der Waals surface area contributed by atoms with Gasteiger partial charge in [-0.1, -0.05) is 48.5 Å². The molecule has 2 aliphatic heterocycles. The highest BCUT2D eigenvalue weighted by Gasteiger charge is 2.35. The van der Waals surface area contributed by atoms with Gasteiger partial charge in [-0.3, -0.25) is 28.8 Å². The maximum Gasteiger partial charge on any atom is 0.303 e. The first-order chi connectivity index (χ1) is 22.1. The van der Waals surface area contributed by atoms with Crippen molar-refractivity contribution < 1.29 is 33.9 Å². The zero-order valence-corrected chi connectivity index (χ0v) is 26.4. The van der Waals surface area contributed by atoms with Crippen molar-refractivity contribution in [2.75, 3.05) is 30.4 Å². The summed E-state index contributed by atoms with van der Waals surface area (Å²) in [5.41, 5.74) is 2.65. The second-order valence-electron chi connectivity index (χ2n) is 11.3. The Labute approximate surface area is 271 Å². The van der Waals surface area contributed by atoms with Gasteiger partial charge in [-0.2, -0.15) is 11.8 Å². The van der Waals surface area contributed by atoms with Crippen molar-refractivity contribution in [1.29, 1.82) is 0 Å². The molecule has 0 aromatic heterocycles. The third-order valence-corrected chi connectivity index (χ3v) is 8.62. The lowest BCUT2D eigenvalue weighted by atomic mass is 9.93. The Morgan fingerprint density at radius 1 is 0.761 bits per heavy atom. The fourth-order valence-electron chi connectivity index (χ4n) is 5.54. The molecule has 46 heavy (non-hydrogen) atoms. The molecule has 0 radical (unpaired) electrons. The Balaban J connectivity index is 1.68. The normalized spacial score (nSPS) is 24.1. The maximum atomic E-state index is 13.9. The SMILES string of the molecule is CSCC[C@@H]1NC(=O)CNC(=O)[C@H](Cc2ccccc2)NC(=O)[C@H](CC2CNc3ccccc32)NC(=O)[C@H](CCC(=O)O)NC1=O. The third-order valence-electron chi connectivity index (χ3n) is 7.97. The summed E-state index contributed by atoms with van der Waals surface area (Å²) in [5.74, 6) is -4.12. The summed E-state index contributed by atoms with van der Waals surface area (Å²) < 4.78 is 0. The van der Waals surface area contributed by atoms with E-state index in [1.165, 1.54) is 11.8 Å². The monoisotopic (exact) mass is 652 g/mol. The number of benzene rings is 2. The topological polar surface area (TPSA) is 195 Å². The van der Waals surface area contributed by atoms with Crippen LogP contribution in [-0.2, 0) is 35.2 Å². The van der Waals surface area contributed by atoms with Crippen LogP contribution in [0.4, 0.5) is 5.69 Å². The Morgan fingerprint density at radius 3 is 2.11 bits per heavy atom. The van der Waals surface area contributed by atoms with Crippen LogP contribution in [0.15, 0.2) is 54.6 Å². The summed E-state index contributed by atoms with van der Waals surface area (Å²) in [5, 5.41) is 26.0. The van der Waals surface area contributed by atoms with E-state index in [0.717, 1.165) is 16.8 Å². The predicted molar refractivity (Wildman–Crippen MR) is 173 cm³/mol. The van der Waals surface area contributed by atoms with Gasteiger partial charge in [0.15, 0.2) is 0 Å². The van der Waals surface area contributed by atoms with E-state index in [0.29, 0.717) is 12.3 Å². The number of fused-ring (bicyclic) bond motifs is 1. The molecule has 246 valence electrons. The molecule has 0 spiro atoms. The molecule has 5 atom stereocenters. The van der Waals surface area contributed by atoms with Gasteiger partial charge in [0, 0.05) is 31.0 Å². The number of carboxylic acid groups (broad SMARTS) is 1. The number of carbonyl (C=O) groups is 6. The van der Waals surface area contributed by atoms with Gasteiger partial charge < -0.3 is 37.0 Å². The van der Waals surface area contributed by atoms with E-state index in [-0.39, 0.29) is 31.6 Å². The average Bonchev–Trinajstić information content (AvgIpc) is 3.45. The van der Waals surface area contributed by atoms with E-state index in [1.807, 2.05) is 48.7 Å². The second kappa shape index (κ2) is 16.6. The zero-order chi connectivity index (χ0) is 33.1. The number of hydrogen-bond donors (Lipinski definition) is 7. The third kappa shape index (κ3) is 9.70. The van der Waals surface area contributed by atoms with Crippen LogP contribution in [0.2, 0.25) is 0 Å². The first-order valence-electron chi connectivity index (χ1n) is 15.2. The first-order valence-corrected chi connectivity index (χ1v) is 16.6. The summed E-state index contributed by atoms with van der Waals surface area (Å²) in [6.45, 7) is 0.0631. The predicted octanol–water partition coefficient (Wildman–Crippen LogP) is 0.515. The minimum atomic E-state index is -1.30. The number of nitrogens with one attached hydrogen (secondary N) is 6. The molecule has 5 amide bonds. The van der Waals surface area contributed by atoms with E-state index >= 15 is 0 Å². The number of aliphatic carboxylic acids is 1. The van der Waals surface area contributed by atoms with Crippen molar-refractivity contribution in [3.63, 3.8) is 0 Å². The lowest BCUT2D eigenvalue weighted by Gasteiger charge is -2.27. The molecule has 0 bridgehead atoms. The summed E-state index contributed by atoms with van der Waals surface area (Å²) in [4.78, 5) is 78.7. The fraction of sp³-hybridized carbons (Fsp3) is 0.438. The highest BCUT2D eigenvalue weighted by Crippen LogP contribution is 2.34. The van der Waals surface area contributed by atoms with Crippen LogP contribution in [0.3, 0.4) is 0 Å². The molecule has 1 saturated heterocycles. The molecule has 4 rings (SSSR count). The maximum absolute atomic E-state index is 13.9. The van der Waals surface area contributed by atoms with E-state index in [9.17, 15) is 33.9 Å². The van der Waals surface area contributed by atoms with Crippen LogP contribution in [0.25, 0.3) is 0 Å². The number of rotatable bonds is 10. The Kier molecular flexibility index (Phi) is 12.4. The van der Waals surface area contributed by atoms with Crippen LogP contribution in [-0.4, -0.2) is 89.9 Å².